The molecule has 1 atom stereocenters. The molecule has 1 unspecified atom stereocenters. The largest absolute Gasteiger partial charge is 0.485 e. The highest BCUT2D eigenvalue weighted by molar-refractivity contribution is 6.01. The fourth-order valence-electron chi connectivity index (χ4n) is 2.74. The number of hydrogen-bond acceptors (Lipinski definition) is 4. The van der Waals surface area contributed by atoms with E-state index in [-0.39, 0.29) is 5.78 Å². The van der Waals surface area contributed by atoms with Crippen molar-refractivity contribution in [3.05, 3.63) is 35.4 Å². The van der Waals surface area contributed by atoms with Crippen molar-refractivity contribution >= 4 is 17.8 Å². The zero-order valence-corrected chi connectivity index (χ0v) is 10.9. The number of carboxylic acids is 1. The summed E-state index contributed by atoms with van der Waals surface area (Å²) in [7, 11) is 0. The number of aliphatic carboxylic acids is 1. The van der Waals surface area contributed by atoms with Gasteiger partial charge in [-0.3, -0.25) is 4.79 Å². The second-order valence-electron chi connectivity index (χ2n) is 5.24. The first-order chi connectivity index (χ1) is 9.58. The third-order valence-electron chi connectivity index (χ3n) is 3.74. The van der Waals surface area contributed by atoms with Gasteiger partial charge in [0.15, 0.2) is 5.78 Å². The number of fused-ring (bicyclic) bond motifs is 1. The molecule has 0 amide bonds. The van der Waals surface area contributed by atoms with E-state index < -0.39 is 11.6 Å². The Morgan fingerprint density at radius 2 is 2.30 bits per heavy atom. The summed E-state index contributed by atoms with van der Waals surface area (Å²) in [5, 5.41) is 11.8. The number of carboxylic acid groups (broad SMARTS) is 1. The van der Waals surface area contributed by atoms with Gasteiger partial charge in [0.25, 0.3) is 0 Å². The van der Waals surface area contributed by atoms with Crippen LogP contribution in [0.5, 0.6) is 5.75 Å². The number of ether oxygens (including phenoxy) is 1. The lowest BCUT2D eigenvalue weighted by Crippen LogP contribution is -2.43. The van der Waals surface area contributed by atoms with E-state index in [2.05, 4.69) is 5.32 Å². The Balaban J connectivity index is 1.91. The predicted octanol–water partition coefficient (Wildman–Crippen LogP) is 1.48. The molecule has 1 fully saturated rings. The van der Waals surface area contributed by atoms with Crippen LogP contribution in [-0.2, 0) is 4.79 Å². The minimum absolute atomic E-state index is 0.0560. The molecule has 0 radical (unpaired) electrons. The highest BCUT2D eigenvalue weighted by Crippen LogP contribution is 2.37. The van der Waals surface area contributed by atoms with E-state index in [0.717, 1.165) is 19.0 Å². The van der Waals surface area contributed by atoms with Crippen LogP contribution < -0.4 is 10.1 Å². The quantitative estimate of drug-likeness (QED) is 0.798. The molecule has 0 saturated carbocycles. The zero-order valence-electron chi connectivity index (χ0n) is 10.9. The Hall–Kier alpha value is -2.14. The van der Waals surface area contributed by atoms with Crippen molar-refractivity contribution in [2.45, 2.75) is 18.4 Å². The van der Waals surface area contributed by atoms with E-state index in [4.69, 9.17) is 9.84 Å². The van der Waals surface area contributed by atoms with Crippen LogP contribution in [0, 0.1) is 0 Å². The molecule has 1 saturated heterocycles. The first-order valence-corrected chi connectivity index (χ1v) is 6.56. The number of carbonyl (C=O) groups is 2. The van der Waals surface area contributed by atoms with E-state index >= 15 is 0 Å². The Labute approximate surface area is 116 Å². The molecular weight excluding hydrogens is 258 g/mol. The van der Waals surface area contributed by atoms with Gasteiger partial charge >= 0.3 is 5.97 Å². The summed E-state index contributed by atoms with van der Waals surface area (Å²) in [6.07, 6.45) is 3.73. The van der Waals surface area contributed by atoms with Gasteiger partial charge in [0.1, 0.15) is 11.4 Å². The topological polar surface area (TPSA) is 75.6 Å². The average Bonchev–Trinajstić information content (AvgIpc) is 2.84. The number of rotatable bonds is 2. The number of ketones is 1. The average molecular weight is 273 g/mol. The lowest BCUT2D eigenvalue weighted by atomic mass is 9.88. The molecule has 5 heteroatoms. The van der Waals surface area contributed by atoms with Crippen LogP contribution in [0.3, 0.4) is 0 Å². The zero-order chi connectivity index (χ0) is 14.2. The molecule has 20 heavy (non-hydrogen) atoms. The van der Waals surface area contributed by atoms with Crippen LogP contribution in [0.1, 0.15) is 28.8 Å². The number of carbonyl (C=O) groups excluding carboxylic acids is 1. The van der Waals surface area contributed by atoms with E-state index in [1.54, 1.807) is 18.2 Å². The number of hydrogen-bond donors (Lipinski definition) is 2. The Kier molecular flexibility index (Phi) is 3.06. The summed E-state index contributed by atoms with van der Waals surface area (Å²) < 4.78 is 6.01. The van der Waals surface area contributed by atoms with Gasteiger partial charge in [-0.1, -0.05) is 6.07 Å². The molecule has 3 rings (SSSR count). The van der Waals surface area contributed by atoms with Crippen LogP contribution in [0.2, 0.25) is 0 Å². The number of nitrogens with one attached hydrogen (secondary N) is 1. The van der Waals surface area contributed by atoms with Crippen LogP contribution >= 0.6 is 0 Å². The molecule has 0 aromatic heterocycles. The number of Topliss-reactive ketones (excluding diaryl/α,β-unsaturated/α-hetero) is 1. The first kappa shape index (κ1) is 12.9. The highest BCUT2D eigenvalue weighted by Gasteiger charge is 2.42. The second kappa shape index (κ2) is 4.76. The summed E-state index contributed by atoms with van der Waals surface area (Å²) in [6.45, 7) is 1.56. The van der Waals surface area contributed by atoms with Crippen molar-refractivity contribution < 1.29 is 19.4 Å². The van der Waals surface area contributed by atoms with E-state index in [1.807, 2.05) is 0 Å². The maximum Gasteiger partial charge on any atom is 0.328 e. The third-order valence-corrected chi connectivity index (χ3v) is 3.74. The minimum atomic E-state index is -1.01. The maximum atomic E-state index is 12.3. The molecule has 2 N–H and O–H groups in total. The standard InChI is InChI=1S/C15H15NO4/c17-12-8-15(5-6-16-9-15)20-13-3-1-10(7-11(12)13)2-4-14(18)19/h1-4,7,16H,5-6,8-9H2,(H,18,19)/b4-2+. The van der Waals surface area contributed by atoms with E-state index in [0.29, 0.717) is 29.8 Å². The monoisotopic (exact) mass is 273 g/mol. The van der Waals surface area contributed by atoms with E-state index in [1.165, 1.54) is 6.08 Å². The van der Waals surface area contributed by atoms with Gasteiger partial charge in [-0.15, -0.1) is 0 Å². The molecule has 0 bridgehead atoms. The van der Waals surface area contributed by atoms with Crippen LogP contribution in [0.25, 0.3) is 6.08 Å². The van der Waals surface area contributed by atoms with Gasteiger partial charge in [0.05, 0.1) is 12.0 Å². The Morgan fingerprint density at radius 1 is 1.45 bits per heavy atom. The third kappa shape index (κ3) is 2.32. The molecule has 2 aliphatic rings. The van der Waals surface area contributed by atoms with Gasteiger partial charge in [-0.2, -0.15) is 0 Å². The SMILES string of the molecule is O=C(O)/C=C/c1ccc2c(c1)C(=O)CC1(CCNC1)O2. The Bertz CT molecular complexity index is 600. The summed E-state index contributed by atoms with van der Waals surface area (Å²) in [4.78, 5) is 22.8. The van der Waals surface area contributed by atoms with Gasteiger partial charge in [-0.05, 0) is 30.3 Å². The fourth-order valence-corrected chi connectivity index (χ4v) is 2.74. The van der Waals surface area contributed by atoms with Crippen LogP contribution in [0.4, 0.5) is 0 Å². The summed E-state index contributed by atoms with van der Waals surface area (Å²) in [5.41, 5.74) is 0.821. The normalized spacial score (nSPS) is 24.9. The van der Waals surface area contributed by atoms with Gasteiger partial charge in [-0.25, -0.2) is 4.79 Å². The molecule has 2 heterocycles. The van der Waals surface area contributed by atoms with Crippen molar-refractivity contribution in [3.8, 4) is 5.75 Å². The molecule has 5 nitrogen and oxygen atoms in total. The molecule has 1 spiro atoms. The van der Waals surface area contributed by atoms with Crippen molar-refractivity contribution in [3.63, 3.8) is 0 Å². The van der Waals surface area contributed by atoms with E-state index in [9.17, 15) is 9.59 Å². The summed E-state index contributed by atoms with van der Waals surface area (Å²) in [6, 6.07) is 5.19. The molecular formula is C15H15NO4. The summed E-state index contributed by atoms with van der Waals surface area (Å²) in [5.74, 6) is -0.362. The molecule has 104 valence electrons. The van der Waals surface area contributed by atoms with Crippen molar-refractivity contribution in [1.29, 1.82) is 0 Å². The van der Waals surface area contributed by atoms with Crippen LogP contribution in [0.15, 0.2) is 24.3 Å². The number of benzene rings is 1. The van der Waals surface area contributed by atoms with Crippen molar-refractivity contribution in [2.75, 3.05) is 13.1 Å². The predicted molar refractivity (Wildman–Crippen MR) is 72.9 cm³/mol. The van der Waals surface area contributed by atoms with Gasteiger partial charge in [0.2, 0.25) is 0 Å². The minimum Gasteiger partial charge on any atom is -0.485 e. The summed E-state index contributed by atoms with van der Waals surface area (Å²) >= 11 is 0. The van der Waals surface area contributed by atoms with Crippen molar-refractivity contribution in [1.82, 2.24) is 5.32 Å². The maximum absolute atomic E-state index is 12.3. The van der Waals surface area contributed by atoms with Crippen LogP contribution in [-0.4, -0.2) is 35.5 Å². The molecule has 2 aliphatic heterocycles. The molecule has 1 aromatic carbocycles. The Morgan fingerprint density at radius 3 is 3.00 bits per heavy atom. The lowest BCUT2D eigenvalue weighted by molar-refractivity contribution is -0.131. The van der Waals surface area contributed by atoms with Crippen molar-refractivity contribution in [2.24, 2.45) is 0 Å². The highest BCUT2D eigenvalue weighted by atomic mass is 16.5. The van der Waals surface area contributed by atoms with Gasteiger partial charge in [0, 0.05) is 19.0 Å². The molecule has 1 aromatic rings. The smallest absolute Gasteiger partial charge is 0.328 e. The molecule has 0 aliphatic carbocycles. The second-order valence-corrected chi connectivity index (χ2v) is 5.24. The lowest BCUT2D eigenvalue weighted by Gasteiger charge is -2.34. The van der Waals surface area contributed by atoms with Gasteiger partial charge < -0.3 is 15.2 Å². The first-order valence-electron chi connectivity index (χ1n) is 6.56. The fraction of sp³-hybridized carbons (Fsp3) is 0.333.